The summed E-state index contributed by atoms with van der Waals surface area (Å²) in [6.07, 6.45) is -0.609. The first-order chi connectivity index (χ1) is 19.5. The lowest BCUT2D eigenvalue weighted by Gasteiger charge is -2.30. The summed E-state index contributed by atoms with van der Waals surface area (Å²) < 4.78 is 5.11. The zero-order valence-electron chi connectivity index (χ0n) is 21.6. The maximum atomic E-state index is 11.1. The maximum absolute atomic E-state index is 11.1. The molecule has 1 amide bonds. The molecule has 6 heteroatoms. The molecule has 0 heterocycles. The molecule has 0 unspecified atom stereocenters. The average Bonchev–Trinajstić information content (AvgIpc) is 3.34. The van der Waals surface area contributed by atoms with Gasteiger partial charge in [-0.25, -0.2) is 10.6 Å². The molecule has 0 spiro atoms. The first-order valence-electron chi connectivity index (χ1n) is 12.9. The van der Waals surface area contributed by atoms with Crippen LogP contribution in [0.2, 0.25) is 5.02 Å². The summed E-state index contributed by atoms with van der Waals surface area (Å²) in [7, 11) is 0. The monoisotopic (exact) mass is 566 g/mol. The van der Waals surface area contributed by atoms with Gasteiger partial charge in [-0.2, -0.15) is 0 Å². The van der Waals surface area contributed by atoms with Crippen LogP contribution < -0.4 is 11.3 Å². The summed E-state index contributed by atoms with van der Waals surface area (Å²) in [6.45, 7) is 0.289. The number of carbonyl (C=O) groups is 1. The Morgan fingerprint density at radius 3 is 1.65 bits per heavy atom. The van der Waals surface area contributed by atoms with E-state index in [1.807, 2.05) is 115 Å². The topological polar surface area (TPSA) is 64.3 Å². The lowest BCUT2D eigenvalue weighted by Crippen LogP contribution is -2.31. The van der Waals surface area contributed by atoms with E-state index in [0.717, 1.165) is 16.7 Å². The fourth-order valence-electron chi connectivity index (χ4n) is 5.19. The number of hydrogen-bond acceptors (Lipinski definition) is 3. The molecule has 0 atom stereocenters. The van der Waals surface area contributed by atoms with Crippen LogP contribution in [-0.2, 0) is 9.61 Å². The van der Waals surface area contributed by atoms with Gasteiger partial charge in [0.15, 0.2) is 0 Å². The number of hydrogen-bond donors (Lipinski definition) is 2. The first-order valence-corrected chi connectivity index (χ1v) is 13.7. The van der Waals surface area contributed by atoms with Crippen LogP contribution in [0.15, 0.2) is 133 Å². The predicted octanol–water partition coefficient (Wildman–Crippen LogP) is 8.27. The van der Waals surface area contributed by atoms with Gasteiger partial charge in [-0.3, -0.25) is 5.43 Å². The van der Waals surface area contributed by atoms with Crippen LogP contribution in [0.1, 0.15) is 33.7 Å². The largest absolute Gasteiger partial charge is 0.448 e. The quantitative estimate of drug-likeness (QED) is 0.0739. The van der Waals surface area contributed by atoms with Gasteiger partial charge >= 0.3 is 6.09 Å². The van der Waals surface area contributed by atoms with Crippen LogP contribution >= 0.6 is 23.2 Å². The van der Waals surface area contributed by atoms with Crippen molar-refractivity contribution in [1.29, 1.82) is 0 Å². The SMILES string of the molecule is Clc1ccccc1C(Cl)(c1ccccc1)c1ccccc1.NNC(=O)OCC1c2ccccc2-c2ccccc21. The van der Waals surface area contributed by atoms with Crippen molar-refractivity contribution < 1.29 is 9.53 Å². The molecular formula is C34H28Cl2N2O2. The minimum absolute atomic E-state index is 0.0738. The Morgan fingerprint density at radius 2 is 1.15 bits per heavy atom. The van der Waals surface area contributed by atoms with Gasteiger partial charge < -0.3 is 4.74 Å². The zero-order valence-corrected chi connectivity index (χ0v) is 23.1. The molecule has 0 bridgehead atoms. The van der Waals surface area contributed by atoms with E-state index in [-0.39, 0.29) is 12.5 Å². The Hall–Kier alpha value is -4.09. The average molecular weight is 568 g/mol. The Bertz CT molecular complexity index is 1510. The van der Waals surface area contributed by atoms with Crippen molar-refractivity contribution in [2.45, 2.75) is 10.8 Å². The Labute approximate surface area is 244 Å². The first kappa shape index (κ1) is 27.5. The van der Waals surface area contributed by atoms with Crippen molar-refractivity contribution in [3.8, 4) is 11.1 Å². The molecule has 1 aliphatic rings. The van der Waals surface area contributed by atoms with Crippen molar-refractivity contribution in [3.05, 3.63) is 166 Å². The van der Waals surface area contributed by atoms with Crippen molar-refractivity contribution in [2.24, 2.45) is 5.84 Å². The molecule has 1 aliphatic carbocycles. The van der Waals surface area contributed by atoms with Crippen LogP contribution in [-0.4, -0.2) is 12.7 Å². The summed E-state index contributed by atoms with van der Waals surface area (Å²) in [6, 6.07) is 44.2. The summed E-state index contributed by atoms with van der Waals surface area (Å²) in [5.41, 5.74) is 9.67. The van der Waals surface area contributed by atoms with Gasteiger partial charge in [0.25, 0.3) is 0 Å². The number of nitrogens with one attached hydrogen (secondary N) is 1. The van der Waals surface area contributed by atoms with E-state index < -0.39 is 11.0 Å². The third-order valence-corrected chi connectivity index (χ3v) is 8.02. The Balaban J connectivity index is 0.000000162. The molecule has 40 heavy (non-hydrogen) atoms. The van der Waals surface area contributed by atoms with E-state index in [1.165, 1.54) is 22.3 Å². The highest BCUT2D eigenvalue weighted by atomic mass is 35.5. The molecule has 5 aromatic carbocycles. The highest BCUT2D eigenvalue weighted by molar-refractivity contribution is 6.34. The van der Waals surface area contributed by atoms with Gasteiger partial charge in [0.2, 0.25) is 0 Å². The number of benzene rings is 5. The highest BCUT2D eigenvalue weighted by Gasteiger charge is 2.35. The number of nitrogens with two attached hydrogens (primary N) is 1. The van der Waals surface area contributed by atoms with Gasteiger partial charge in [-0.15, -0.1) is 11.6 Å². The molecular weight excluding hydrogens is 539 g/mol. The second kappa shape index (κ2) is 12.4. The third kappa shape index (κ3) is 5.47. The van der Waals surface area contributed by atoms with E-state index in [1.54, 1.807) is 0 Å². The van der Waals surface area contributed by atoms with Crippen molar-refractivity contribution >= 4 is 29.3 Å². The second-order valence-corrected chi connectivity index (χ2v) is 10.3. The zero-order chi connectivity index (χ0) is 28.0. The smallest absolute Gasteiger partial charge is 0.421 e. The minimum atomic E-state index is -0.791. The third-order valence-electron chi connectivity index (χ3n) is 7.05. The number of halogens is 2. The molecule has 5 aromatic rings. The van der Waals surface area contributed by atoms with Gasteiger partial charge in [-0.05, 0) is 39.4 Å². The standard InChI is InChI=1S/C19H14Cl2.C15H14N2O2/c20-18-14-8-7-13-17(18)19(21,15-9-3-1-4-10-15)16-11-5-2-6-12-16;16-17-15(18)19-9-14-12-7-3-1-5-10(12)11-6-2-4-8-13(11)14/h1-14H;1-8,14H,9,16H2,(H,17,18). The number of carbonyl (C=O) groups excluding carboxylic acids is 1. The van der Waals surface area contributed by atoms with Gasteiger partial charge in [0, 0.05) is 16.5 Å². The fourth-order valence-corrected chi connectivity index (χ4v) is 5.94. The lowest BCUT2D eigenvalue weighted by atomic mass is 9.84. The van der Waals surface area contributed by atoms with Crippen molar-refractivity contribution in [1.82, 2.24) is 5.43 Å². The van der Waals surface area contributed by atoms with Gasteiger partial charge in [0.1, 0.15) is 11.5 Å². The molecule has 0 aliphatic heterocycles. The molecule has 0 saturated carbocycles. The van der Waals surface area contributed by atoms with Crippen LogP contribution in [0, 0.1) is 0 Å². The summed E-state index contributed by atoms with van der Waals surface area (Å²) in [4.78, 5) is 10.3. The lowest BCUT2D eigenvalue weighted by molar-refractivity contribution is 0.143. The number of fused-ring (bicyclic) bond motifs is 3. The van der Waals surface area contributed by atoms with Crippen LogP contribution in [0.4, 0.5) is 4.79 Å². The van der Waals surface area contributed by atoms with E-state index in [2.05, 4.69) is 24.3 Å². The summed E-state index contributed by atoms with van der Waals surface area (Å²) in [5, 5.41) is 0.667. The fraction of sp³-hybridized carbons (Fsp3) is 0.0882. The van der Waals surface area contributed by atoms with Gasteiger partial charge in [0.05, 0.1) is 0 Å². The molecule has 0 fully saturated rings. The second-order valence-electron chi connectivity index (χ2n) is 9.34. The molecule has 0 saturated heterocycles. The van der Waals surface area contributed by atoms with E-state index in [0.29, 0.717) is 5.02 Å². The Morgan fingerprint density at radius 1 is 0.700 bits per heavy atom. The molecule has 4 nitrogen and oxygen atoms in total. The molecule has 3 N–H and O–H groups in total. The van der Waals surface area contributed by atoms with E-state index >= 15 is 0 Å². The van der Waals surface area contributed by atoms with Crippen LogP contribution in [0.25, 0.3) is 11.1 Å². The van der Waals surface area contributed by atoms with Crippen LogP contribution in [0.5, 0.6) is 0 Å². The maximum Gasteiger partial charge on any atom is 0.421 e. The van der Waals surface area contributed by atoms with Crippen molar-refractivity contribution in [2.75, 3.05) is 6.61 Å². The van der Waals surface area contributed by atoms with Crippen LogP contribution in [0.3, 0.4) is 0 Å². The molecule has 200 valence electrons. The van der Waals surface area contributed by atoms with Gasteiger partial charge in [-0.1, -0.05) is 139 Å². The number of alkyl halides is 1. The number of hydrazine groups is 1. The van der Waals surface area contributed by atoms with E-state index in [4.69, 9.17) is 33.8 Å². The number of amides is 1. The molecule has 0 aromatic heterocycles. The minimum Gasteiger partial charge on any atom is -0.448 e. The summed E-state index contributed by atoms with van der Waals surface area (Å²) >= 11 is 13.6. The highest BCUT2D eigenvalue weighted by Crippen LogP contribution is 2.46. The number of ether oxygens (including phenoxy) is 1. The molecule has 6 rings (SSSR count). The summed E-state index contributed by atoms with van der Waals surface area (Å²) in [5.74, 6) is 5.10. The molecule has 0 radical (unpaired) electrons. The van der Waals surface area contributed by atoms with Crippen molar-refractivity contribution in [3.63, 3.8) is 0 Å². The predicted molar refractivity (Wildman–Crippen MR) is 162 cm³/mol. The Kier molecular flexibility index (Phi) is 8.51. The van der Waals surface area contributed by atoms with E-state index in [9.17, 15) is 4.79 Å². The number of rotatable bonds is 5. The normalized spacial score (nSPS) is 12.0.